The summed E-state index contributed by atoms with van der Waals surface area (Å²) in [5.74, 6) is -2.74. The van der Waals surface area contributed by atoms with Crippen molar-refractivity contribution < 1.29 is 31.8 Å². The molecule has 9 nitrogen and oxygen atoms in total. The molecule has 0 saturated heterocycles. The molecule has 5 aromatic rings. The molecule has 3 aromatic heterocycles. The van der Waals surface area contributed by atoms with Gasteiger partial charge in [0.05, 0.1) is 36.1 Å². The summed E-state index contributed by atoms with van der Waals surface area (Å²) in [6, 6.07) is 11.2. The molecular weight excluding hydrogens is 558 g/mol. The van der Waals surface area contributed by atoms with Crippen molar-refractivity contribution >= 4 is 22.4 Å². The van der Waals surface area contributed by atoms with Crippen molar-refractivity contribution in [2.75, 3.05) is 12.4 Å². The van der Waals surface area contributed by atoms with Gasteiger partial charge in [0.25, 0.3) is 11.4 Å². The molecule has 0 aliphatic rings. The van der Waals surface area contributed by atoms with Crippen molar-refractivity contribution in [3.05, 3.63) is 100 Å². The van der Waals surface area contributed by atoms with E-state index >= 15 is 4.39 Å². The average Bonchev–Trinajstić information content (AvgIpc) is 3.45. The number of alkyl halides is 2. The van der Waals surface area contributed by atoms with Crippen LogP contribution in [-0.4, -0.2) is 32.4 Å². The van der Waals surface area contributed by atoms with Crippen molar-refractivity contribution in [1.29, 1.82) is 0 Å². The number of esters is 1. The molecule has 0 aliphatic carbocycles. The van der Waals surface area contributed by atoms with Crippen molar-refractivity contribution in [3.8, 4) is 22.9 Å². The number of anilines is 1. The molecule has 216 valence electrons. The van der Waals surface area contributed by atoms with Gasteiger partial charge in [0, 0.05) is 30.5 Å². The Morgan fingerprint density at radius 2 is 1.81 bits per heavy atom. The second-order valence-electron chi connectivity index (χ2n) is 9.30. The summed E-state index contributed by atoms with van der Waals surface area (Å²) in [6.07, 6.45) is 3.15. The van der Waals surface area contributed by atoms with E-state index in [1.807, 2.05) is 0 Å². The standard InChI is InChI=1S/C29H23F4N5O4/c1-15(36-24-7-5-4-6-19(24)28(40)41-3)20-9-17(30)10-22-21(20)11-25(37(2)27(22)39)16-8-23(31)26(34-12-16)42-18-13-35-38(14-18)29(32)33/h4-15,29,36H,1-3H3. The van der Waals surface area contributed by atoms with Crippen LogP contribution in [-0.2, 0) is 11.8 Å². The molecule has 0 aliphatic heterocycles. The third kappa shape index (κ3) is 5.40. The van der Waals surface area contributed by atoms with Gasteiger partial charge in [0.1, 0.15) is 5.82 Å². The van der Waals surface area contributed by atoms with E-state index in [9.17, 15) is 22.8 Å². The van der Waals surface area contributed by atoms with Crippen LogP contribution in [0.15, 0.2) is 71.9 Å². The van der Waals surface area contributed by atoms with E-state index < -0.39 is 41.6 Å². The van der Waals surface area contributed by atoms with Crippen LogP contribution in [0.4, 0.5) is 23.2 Å². The number of halogens is 4. The van der Waals surface area contributed by atoms with Crippen LogP contribution in [0.1, 0.15) is 35.4 Å². The maximum Gasteiger partial charge on any atom is 0.339 e. The Kier molecular flexibility index (Phi) is 7.66. The SMILES string of the molecule is COC(=O)c1ccccc1NC(C)c1cc(F)cc2c(=O)n(C)c(-c3cnc(Oc4cnn(C(F)F)c4)c(F)c3)cc12. The molecule has 1 unspecified atom stereocenters. The fourth-order valence-electron chi connectivity index (χ4n) is 4.58. The van der Waals surface area contributed by atoms with Gasteiger partial charge in [-0.1, -0.05) is 12.1 Å². The Labute approximate surface area is 235 Å². The molecule has 5 rings (SSSR count). The maximum atomic E-state index is 15.0. The second kappa shape index (κ2) is 11.4. The Morgan fingerprint density at radius 3 is 2.50 bits per heavy atom. The zero-order valence-corrected chi connectivity index (χ0v) is 22.4. The zero-order valence-electron chi connectivity index (χ0n) is 22.4. The second-order valence-corrected chi connectivity index (χ2v) is 9.30. The monoisotopic (exact) mass is 581 g/mol. The van der Waals surface area contributed by atoms with Gasteiger partial charge >= 0.3 is 12.5 Å². The van der Waals surface area contributed by atoms with Gasteiger partial charge in [-0.15, -0.1) is 0 Å². The number of carbonyl (C=O) groups is 1. The first kappa shape index (κ1) is 28.3. The van der Waals surface area contributed by atoms with Crippen molar-refractivity contribution in [2.45, 2.75) is 19.5 Å². The summed E-state index contributed by atoms with van der Waals surface area (Å²) in [6.45, 7) is -1.15. The number of rotatable bonds is 8. The lowest BCUT2D eigenvalue weighted by atomic mass is 9.97. The molecule has 0 saturated carbocycles. The summed E-state index contributed by atoms with van der Waals surface area (Å²) in [7, 11) is 2.72. The number of fused-ring (bicyclic) bond motifs is 1. The number of para-hydroxylation sites is 1. The van der Waals surface area contributed by atoms with Gasteiger partial charge < -0.3 is 19.4 Å². The van der Waals surface area contributed by atoms with E-state index in [-0.39, 0.29) is 28.0 Å². The summed E-state index contributed by atoms with van der Waals surface area (Å²) in [4.78, 5) is 29.5. The van der Waals surface area contributed by atoms with Gasteiger partial charge in [-0.25, -0.2) is 23.2 Å². The summed E-state index contributed by atoms with van der Waals surface area (Å²) < 4.78 is 67.0. The predicted octanol–water partition coefficient (Wildman–Crippen LogP) is 6.22. The summed E-state index contributed by atoms with van der Waals surface area (Å²) >= 11 is 0. The Balaban J connectivity index is 1.54. The Hall–Kier alpha value is -5.20. The van der Waals surface area contributed by atoms with Gasteiger partial charge in [0.15, 0.2) is 11.6 Å². The largest absolute Gasteiger partial charge is 0.465 e. The van der Waals surface area contributed by atoms with E-state index in [0.717, 1.165) is 24.5 Å². The molecular formula is C29H23F4N5O4. The highest BCUT2D eigenvalue weighted by Gasteiger charge is 2.20. The van der Waals surface area contributed by atoms with E-state index in [1.165, 1.54) is 31.0 Å². The maximum absolute atomic E-state index is 15.0. The quantitative estimate of drug-likeness (QED) is 0.172. The summed E-state index contributed by atoms with van der Waals surface area (Å²) in [5, 5.41) is 7.10. The number of methoxy groups -OCH3 is 1. The number of hydrogen-bond acceptors (Lipinski definition) is 7. The molecule has 3 heterocycles. The minimum absolute atomic E-state index is 0.0931. The third-order valence-electron chi connectivity index (χ3n) is 6.62. The molecule has 1 atom stereocenters. The number of ether oxygens (including phenoxy) is 2. The average molecular weight is 582 g/mol. The van der Waals surface area contributed by atoms with Crippen LogP contribution in [0.3, 0.4) is 0 Å². The van der Waals surface area contributed by atoms with Crippen LogP contribution in [0.25, 0.3) is 22.0 Å². The van der Waals surface area contributed by atoms with Crippen LogP contribution in [0.5, 0.6) is 11.6 Å². The first-order valence-electron chi connectivity index (χ1n) is 12.5. The molecule has 0 bridgehead atoms. The van der Waals surface area contributed by atoms with E-state index in [0.29, 0.717) is 21.3 Å². The fourth-order valence-corrected chi connectivity index (χ4v) is 4.58. The van der Waals surface area contributed by atoms with Crippen molar-refractivity contribution in [2.24, 2.45) is 7.05 Å². The number of carbonyl (C=O) groups excluding carboxylic acids is 1. The van der Waals surface area contributed by atoms with Gasteiger partial charge in [-0.2, -0.15) is 13.9 Å². The Morgan fingerprint density at radius 1 is 1.05 bits per heavy atom. The lowest BCUT2D eigenvalue weighted by molar-refractivity contribution is 0.0563. The Bertz CT molecular complexity index is 1870. The number of aromatic nitrogens is 4. The van der Waals surface area contributed by atoms with Crippen LogP contribution < -0.4 is 15.6 Å². The molecule has 0 spiro atoms. The fraction of sp³-hybridized carbons (Fsp3) is 0.172. The molecule has 1 N–H and O–H groups in total. The molecule has 0 radical (unpaired) electrons. The highest BCUT2D eigenvalue weighted by Crippen LogP contribution is 2.32. The highest BCUT2D eigenvalue weighted by molar-refractivity contribution is 5.96. The van der Waals surface area contributed by atoms with E-state index in [2.05, 4.69) is 15.4 Å². The number of benzene rings is 2. The molecule has 0 fully saturated rings. The first-order valence-corrected chi connectivity index (χ1v) is 12.5. The number of hydrogen-bond donors (Lipinski definition) is 1. The molecule has 0 amide bonds. The van der Waals surface area contributed by atoms with Crippen LogP contribution in [0, 0.1) is 11.6 Å². The normalized spacial score (nSPS) is 12.0. The lowest BCUT2D eigenvalue weighted by Crippen LogP contribution is -2.20. The minimum Gasteiger partial charge on any atom is -0.465 e. The number of nitrogens with zero attached hydrogens (tertiary/aromatic N) is 4. The molecule has 2 aromatic carbocycles. The molecule has 13 heteroatoms. The first-order chi connectivity index (χ1) is 20.1. The molecule has 42 heavy (non-hydrogen) atoms. The van der Waals surface area contributed by atoms with Crippen LogP contribution in [0.2, 0.25) is 0 Å². The number of nitrogens with one attached hydrogen (secondary N) is 1. The zero-order chi connectivity index (χ0) is 30.1. The topological polar surface area (TPSA) is 100 Å². The summed E-state index contributed by atoms with van der Waals surface area (Å²) in [5.41, 5.74) is 1.06. The minimum atomic E-state index is -2.89. The predicted molar refractivity (Wildman–Crippen MR) is 146 cm³/mol. The highest BCUT2D eigenvalue weighted by atomic mass is 19.3. The smallest absolute Gasteiger partial charge is 0.339 e. The number of pyridine rings is 2. The van der Waals surface area contributed by atoms with Crippen molar-refractivity contribution in [3.63, 3.8) is 0 Å². The van der Waals surface area contributed by atoms with Crippen LogP contribution >= 0.6 is 0 Å². The van der Waals surface area contributed by atoms with Gasteiger partial charge in [-0.3, -0.25) is 4.79 Å². The van der Waals surface area contributed by atoms with Gasteiger partial charge in [0.2, 0.25) is 0 Å². The lowest BCUT2D eigenvalue weighted by Gasteiger charge is -2.21. The van der Waals surface area contributed by atoms with E-state index in [4.69, 9.17) is 9.47 Å². The van der Waals surface area contributed by atoms with Crippen molar-refractivity contribution in [1.82, 2.24) is 19.3 Å². The van der Waals surface area contributed by atoms with E-state index in [1.54, 1.807) is 37.3 Å². The van der Waals surface area contributed by atoms with Gasteiger partial charge in [-0.05, 0) is 54.3 Å². The third-order valence-corrected chi connectivity index (χ3v) is 6.62.